The number of benzene rings is 1. The third-order valence-corrected chi connectivity index (χ3v) is 13.1. The van der Waals surface area contributed by atoms with Crippen molar-refractivity contribution in [3.05, 3.63) is 23.3 Å². The lowest BCUT2D eigenvalue weighted by atomic mass is 9.84. The molecule has 2 aliphatic heterocycles. The van der Waals surface area contributed by atoms with Crippen LogP contribution in [-0.2, 0) is 59.8 Å². The van der Waals surface area contributed by atoms with Gasteiger partial charge in [0.05, 0.1) is 12.1 Å². The number of unbranched alkanes of at least 4 members (excludes halogenated alkanes) is 16. The second kappa shape index (κ2) is 27.0. The van der Waals surface area contributed by atoms with Crippen molar-refractivity contribution in [2.75, 3.05) is 6.54 Å². The number of carbonyl (C=O) groups is 2. The molecule has 2 aliphatic rings. The van der Waals surface area contributed by atoms with Gasteiger partial charge in [-0.2, -0.15) is 0 Å². The quantitative estimate of drug-likeness (QED) is 0.0394. The molecule has 0 saturated carbocycles. The van der Waals surface area contributed by atoms with E-state index in [1.807, 2.05) is 0 Å². The Morgan fingerprint density at radius 3 is 1.74 bits per heavy atom. The van der Waals surface area contributed by atoms with Gasteiger partial charge >= 0.3 is 0 Å². The summed E-state index contributed by atoms with van der Waals surface area (Å²) in [4.78, 5) is 27.6. The third kappa shape index (κ3) is 21.4. The highest BCUT2D eigenvalue weighted by Gasteiger charge is 2.41. The van der Waals surface area contributed by atoms with Crippen LogP contribution in [0.2, 0.25) is 0 Å². The summed E-state index contributed by atoms with van der Waals surface area (Å²) in [5, 5.41) is 23.2. The first kappa shape index (κ1) is 53.7. The molecule has 2 amide bonds. The lowest BCUT2D eigenvalue weighted by Gasteiger charge is -2.43. The Bertz CT molecular complexity index is 1860. The lowest BCUT2D eigenvalue weighted by Crippen LogP contribution is -2.54. The molecule has 1 saturated heterocycles. The van der Waals surface area contributed by atoms with E-state index in [0.717, 1.165) is 89.0 Å². The van der Waals surface area contributed by atoms with Crippen LogP contribution in [-0.4, -0.2) is 96.7 Å². The molecule has 0 radical (unpaired) electrons. The fourth-order valence-corrected chi connectivity index (χ4v) is 10.2. The molecule has 1 aromatic carbocycles. The van der Waals surface area contributed by atoms with Crippen LogP contribution in [0.25, 0.3) is 0 Å². The van der Waals surface area contributed by atoms with Crippen molar-refractivity contribution in [3.63, 3.8) is 0 Å². The SMILES string of the molecule is CCCCCCCCCC[C@H](OS(=O)(=O)[O-])[C@H](CC[C@H](CCCCCCCCCCCCC(=O)N[C@H]1CC[C@H]2c3c(O)cc(O)cc3CCN2C1=O)OS(=O)(=O)[O-])OS(=O)(=O)[O-]. The van der Waals surface area contributed by atoms with E-state index in [2.05, 4.69) is 20.6 Å². The third-order valence-electron chi connectivity index (χ3n) is 11.7. The van der Waals surface area contributed by atoms with Gasteiger partial charge in [-0.1, -0.05) is 116 Å². The predicted molar refractivity (Wildman–Crippen MR) is 225 cm³/mol. The summed E-state index contributed by atoms with van der Waals surface area (Å²) in [7, 11) is -15.9. The Morgan fingerprint density at radius 1 is 0.694 bits per heavy atom. The molecule has 358 valence electrons. The second-order valence-electron chi connectivity index (χ2n) is 16.7. The summed E-state index contributed by atoms with van der Waals surface area (Å²) < 4.78 is 118. The van der Waals surface area contributed by atoms with E-state index in [1.54, 1.807) is 11.0 Å². The molecule has 2 heterocycles. The Morgan fingerprint density at radius 2 is 1.19 bits per heavy atom. The maximum Gasteiger partial charge on any atom is 0.245 e. The molecule has 0 aromatic heterocycles. The Kier molecular flexibility index (Phi) is 23.4. The molecule has 21 heteroatoms. The number of fused-ring (bicyclic) bond motifs is 3. The second-order valence-corrected chi connectivity index (χ2v) is 19.7. The van der Waals surface area contributed by atoms with Crippen molar-refractivity contribution in [3.8, 4) is 11.5 Å². The minimum Gasteiger partial charge on any atom is -0.726 e. The summed E-state index contributed by atoms with van der Waals surface area (Å²) in [5.74, 6) is -0.362. The lowest BCUT2D eigenvalue weighted by molar-refractivity contribution is -0.142. The number of nitrogens with zero attached hydrogens (tertiary/aromatic N) is 1. The molecule has 18 nitrogen and oxygen atoms in total. The Labute approximate surface area is 368 Å². The summed E-state index contributed by atoms with van der Waals surface area (Å²) >= 11 is 0. The Hall–Kier alpha value is -2.63. The first-order valence-corrected chi connectivity index (χ1v) is 26.3. The molecule has 0 unspecified atom stereocenters. The number of phenolic OH excluding ortho intramolecular Hbond substituents is 2. The molecule has 0 aliphatic carbocycles. The van der Waals surface area contributed by atoms with Gasteiger partial charge in [0.15, 0.2) is 0 Å². The van der Waals surface area contributed by atoms with Crippen LogP contribution < -0.4 is 5.32 Å². The largest absolute Gasteiger partial charge is 0.726 e. The van der Waals surface area contributed by atoms with E-state index in [-0.39, 0.29) is 48.6 Å². The average Bonchev–Trinajstić information content (AvgIpc) is 3.16. The molecule has 62 heavy (non-hydrogen) atoms. The van der Waals surface area contributed by atoms with Gasteiger partial charge < -0.3 is 34.1 Å². The molecule has 0 bridgehead atoms. The maximum atomic E-state index is 13.2. The van der Waals surface area contributed by atoms with E-state index in [1.165, 1.54) is 6.07 Å². The van der Waals surface area contributed by atoms with E-state index >= 15 is 0 Å². The van der Waals surface area contributed by atoms with E-state index in [0.29, 0.717) is 69.9 Å². The average molecular weight is 940 g/mol. The van der Waals surface area contributed by atoms with Gasteiger partial charge in [0.25, 0.3) is 0 Å². The maximum absolute atomic E-state index is 13.2. The van der Waals surface area contributed by atoms with Crippen molar-refractivity contribution < 1.29 is 71.3 Å². The number of piperidine rings is 1. The van der Waals surface area contributed by atoms with Crippen LogP contribution >= 0.6 is 0 Å². The summed E-state index contributed by atoms with van der Waals surface area (Å²) in [6, 6.07) is 2.03. The highest BCUT2D eigenvalue weighted by atomic mass is 32.3. The number of amides is 2. The van der Waals surface area contributed by atoms with Crippen molar-refractivity contribution in [1.29, 1.82) is 0 Å². The standard InChI is InChI=1S/C41H70N2O16S3/c1-2-3-4-5-6-12-15-18-21-37(58-61(51,52)53)38(59-62(54,55)56)26-23-33(57-60(48,49)50)20-17-14-11-9-7-8-10-13-16-19-22-39(46)42-34-24-25-35-40-31(27-28-43(35)41(34)47)29-32(44)30-36(40)45/h29-30,33-35,37-38,44-45H,2-28H2,1H3,(H,42,46)(H,48,49,50)(H,51,52,53)(H,54,55,56)/p-3/t33-,34-,35-,37-,38-/m0/s1. The summed E-state index contributed by atoms with van der Waals surface area (Å²) in [6.45, 7) is 2.55. The molecule has 3 rings (SSSR count). The zero-order valence-corrected chi connectivity index (χ0v) is 38.4. The van der Waals surface area contributed by atoms with Gasteiger partial charge in [-0.3, -0.25) is 22.1 Å². The van der Waals surface area contributed by atoms with Crippen molar-refractivity contribution in [2.45, 2.75) is 204 Å². The zero-order valence-electron chi connectivity index (χ0n) is 35.9. The van der Waals surface area contributed by atoms with Gasteiger partial charge in [-0.15, -0.1) is 0 Å². The van der Waals surface area contributed by atoms with Gasteiger partial charge in [-0.05, 0) is 63.0 Å². The number of nitrogens with one attached hydrogen (secondary N) is 1. The summed E-state index contributed by atoms with van der Waals surface area (Å²) in [6.07, 6.45) is 11.7. The number of carbonyl (C=O) groups excluding carboxylic acids is 2. The number of phenols is 2. The van der Waals surface area contributed by atoms with Gasteiger partial charge in [0.2, 0.25) is 43.0 Å². The van der Waals surface area contributed by atoms with E-state index in [4.69, 9.17) is 4.18 Å². The van der Waals surface area contributed by atoms with E-state index < -0.39 is 62.0 Å². The summed E-state index contributed by atoms with van der Waals surface area (Å²) in [5.41, 5.74) is 1.50. The fraction of sp³-hybridized carbons (Fsp3) is 0.805. The van der Waals surface area contributed by atoms with Gasteiger partial charge in [-0.25, -0.2) is 25.3 Å². The minimum atomic E-state index is -5.40. The first-order valence-electron chi connectivity index (χ1n) is 22.3. The highest BCUT2D eigenvalue weighted by Crippen LogP contribution is 2.43. The molecular weight excluding hydrogens is 873 g/mol. The van der Waals surface area contributed by atoms with Crippen molar-refractivity contribution in [1.82, 2.24) is 10.2 Å². The number of hydrogen-bond donors (Lipinski definition) is 3. The van der Waals surface area contributed by atoms with Crippen LogP contribution in [0.15, 0.2) is 12.1 Å². The Balaban J connectivity index is 1.32. The topological polar surface area (TPSA) is 289 Å². The van der Waals surface area contributed by atoms with Crippen LogP contribution in [0.3, 0.4) is 0 Å². The van der Waals surface area contributed by atoms with Gasteiger partial charge in [0.1, 0.15) is 29.7 Å². The smallest absolute Gasteiger partial charge is 0.245 e. The monoisotopic (exact) mass is 939 g/mol. The zero-order chi connectivity index (χ0) is 45.8. The predicted octanol–water partition coefficient (Wildman–Crippen LogP) is 6.33. The molecule has 0 spiro atoms. The van der Waals surface area contributed by atoms with Crippen LogP contribution in [0.1, 0.15) is 185 Å². The first-order chi connectivity index (χ1) is 29.3. The van der Waals surface area contributed by atoms with Gasteiger partial charge in [0, 0.05) is 24.6 Å². The normalized spacial score (nSPS) is 18.5. The van der Waals surface area contributed by atoms with Crippen molar-refractivity contribution >= 4 is 43.0 Å². The minimum absolute atomic E-state index is 0.0111. The number of aromatic hydroxyl groups is 2. The fourth-order valence-electron chi connectivity index (χ4n) is 8.64. The van der Waals surface area contributed by atoms with Crippen LogP contribution in [0, 0.1) is 0 Å². The molecular formula is C41H67N2O16S3-3. The van der Waals surface area contributed by atoms with Crippen LogP contribution in [0.5, 0.6) is 11.5 Å². The van der Waals surface area contributed by atoms with Crippen molar-refractivity contribution in [2.24, 2.45) is 0 Å². The number of hydrogen-bond acceptors (Lipinski definition) is 16. The molecule has 5 atom stereocenters. The highest BCUT2D eigenvalue weighted by molar-refractivity contribution is 7.81. The van der Waals surface area contributed by atoms with E-state index in [9.17, 15) is 58.7 Å². The molecule has 3 N–H and O–H groups in total. The molecule has 1 aromatic rings. The molecule has 1 fully saturated rings. The van der Waals surface area contributed by atoms with Crippen LogP contribution in [0.4, 0.5) is 0 Å². The number of rotatable bonds is 33.